The van der Waals surface area contributed by atoms with Crippen LogP contribution in [0.25, 0.3) is 5.70 Å². The molecule has 0 saturated heterocycles. The van der Waals surface area contributed by atoms with Gasteiger partial charge in [-0.2, -0.15) is 0 Å². The molecule has 0 spiro atoms. The van der Waals surface area contributed by atoms with E-state index >= 15 is 0 Å². The standard InChI is InChI=1S/C18H16Cl2N4O/c1-12-5-6-16(15(20)7-12)23-17(13-3-2-4-14(19)8-13)9-24(25)11-21-10-22-18(23)24/h2-9,21H,10-11H2,1H3. The summed E-state index contributed by atoms with van der Waals surface area (Å²) in [4.78, 5) is 6.26. The van der Waals surface area contributed by atoms with Gasteiger partial charge < -0.3 is 5.21 Å². The van der Waals surface area contributed by atoms with E-state index in [4.69, 9.17) is 23.2 Å². The van der Waals surface area contributed by atoms with Crippen LogP contribution in [0.15, 0.2) is 53.7 Å². The highest BCUT2D eigenvalue weighted by molar-refractivity contribution is 6.34. The quantitative estimate of drug-likeness (QED) is 0.629. The lowest BCUT2D eigenvalue weighted by molar-refractivity contribution is -0.736. The highest BCUT2D eigenvalue weighted by Gasteiger charge is 2.42. The lowest BCUT2D eigenvalue weighted by Crippen LogP contribution is -2.54. The zero-order valence-electron chi connectivity index (χ0n) is 13.5. The van der Waals surface area contributed by atoms with Crippen molar-refractivity contribution < 1.29 is 4.65 Å². The molecule has 0 amide bonds. The highest BCUT2D eigenvalue weighted by atomic mass is 35.5. The Morgan fingerprint density at radius 1 is 1.20 bits per heavy atom. The third-order valence-electron chi connectivity index (χ3n) is 4.25. The molecular formula is C18H16Cl2N4O. The Bertz CT molecular complexity index is 912. The van der Waals surface area contributed by atoms with Crippen LogP contribution in [-0.2, 0) is 0 Å². The van der Waals surface area contributed by atoms with Crippen molar-refractivity contribution in [3.63, 3.8) is 0 Å². The molecule has 128 valence electrons. The summed E-state index contributed by atoms with van der Waals surface area (Å²) in [7, 11) is 0. The molecule has 0 bridgehead atoms. The number of hydroxylamine groups is 3. The van der Waals surface area contributed by atoms with Crippen molar-refractivity contribution >= 4 is 40.5 Å². The highest BCUT2D eigenvalue weighted by Crippen LogP contribution is 2.40. The molecule has 4 rings (SSSR count). The molecule has 0 saturated carbocycles. The second kappa shape index (κ2) is 6.12. The van der Waals surface area contributed by atoms with Gasteiger partial charge in [0.2, 0.25) is 0 Å². The van der Waals surface area contributed by atoms with Gasteiger partial charge in [-0.25, -0.2) is 15.2 Å². The Morgan fingerprint density at radius 2 is 2.04 bits per heavy atom. The molecular weight excluding hydrogens is 359 g/mol. The lowest BCUT2D eigenvalue weighted by atomic mass is 10.1. The molecule has 2 heterocycles. The number of guanidine groups is 1. The third-order valence-corrected chi connectivity index (χ3v) is 4.79. The number of hydrogen-bond acceptors (Lipinski definition) is 4. The van der Waals surface area contributed by atoms with Gasteiger partial charge in [-0.3, -0.25) is 4.65 Å². The SMILES string of the molecule is Cc1ccc(N2C(c3cccc(Cl)c3)=C[N+]3([O-])CNCN=C23)c(Cl)c1. The van der Waals surface area contributed by atoms with E-state index < -0.39 is 4.65 Å². The summed E-state index contributed by atoms with van der Waals surface area (Å²) in [6.45, 7) is 2.60. The fourth-order valence-corrected chi connectivity index (χ4v) is 3.63. The van der Waals surface area contributed by atoms with Gasteiger partial charge in [-0.1, -0.05) is 41.4 Å². The first kappa shape index (κ1) is 16.6. The number of fused-ring (bicyclic) bond motifs is 1. The van der Waals surface area contributed by atoms with Crippen molar-refractivity contribution in [3.8, 4) is 0 Å². The predicted octanol–water partition coefficient (Wildman–Crippen LogP) is 4.31. The average Bonchev–Trinajstić information content (AvgIpc) is 2.88. The van der Waals surface area contributed by atoms with Crippen molar-refractivity contribution in [1.82, 2.24) is 5.32 Å². The maximum absolute atomic E-state index is 13.3. The van der Waals surface area contributed by atoms with Gasteiger partial charge in [-0.15, -0.1) is 0 Å². The lowest BCUT2D eigenvalue weighted by Gasteiger charge is -2.38. The van der Waals surface area contributed by atoms with E-state index in [0.29, 0.717) is 22.7 Å². The van der Waals surface area contributed by atoms with Crippen LogP contribution in [0.5, 0.6) is 0 Å². The van der Waals surface area contributed by atoms with Gasteiger partial charge in [0.05, 0.1) is 10.7 Å². The number of benzene rings is 2. The number of hydrogen-bond donors (Lipinski definition) is 1. The van der Waals surface area contributed by atoms with E-state index in [0.717, 1.165) is 22.5 Å². The van der Waals surface area contributed by atoms with Crippen LogP contribution in [-0.4, -0.2) is 23.9 Å². The zero-order chi connectivity index (χ0) is 17.6. The molecule has 25 heavy (non-hydrogen) atoms. The van der Waals surface area contributed by atoms with E-state index in [-0.39, 0.29) is 6.67 Å². The molecule has 0 fully saturated rings. The molecule has 2 aromatic rings. The van der Waals surface area contributed by atoms with E-state index in [2.05, 4.69) is 10.3 Å². The summed E-state index contributed by atoms with van der Waals surface area (Å²) in [5.41, 5.74) is 3.35. The van der Waals surface area contributed by atoms with Crippen molar-refractivity contribution in [1.29, 1.82) is 0 Å². The number of nitrogens with one attached hydrogen (secondary N) is 1. The molecule has 1 unspecified atom stereocenters. The first-order valence-corrected chi connectivity index (χ1v) is 8.63. The van der Waals surface area contributed by atoms with Gasteiger partial charge in [-0.05, 0) is 36.8 Å². The minimum absolute atomic E-state index is 0.225. The number of quaternary nitrogens is 1. The summed E-state index contributed by atoms with van der Waals surface area (Å²) < 4.78 is -0.675. The number of aliphatic imine (C=N–C) groups is 1. The minimum Gasteiger partial charge on any atom is -0.619 e. The van der Waals surface area contributed by atoms with Crippen LogP contribution in [0, 0.1) is 12.1 Å². The molecule has 0 radical (unpaired) electrons. The van der Waals surface area contributed by atoms with Gasteiger partial charge in [0, 0.05) is 10.6 Å². The minimum atomic E-state index is -0.675. The smallest absolute Gasteiger partial charge is 0.317 e. The molecule has 0 aliphatic carbocycles. The van der Waals surface area contributed by atoms with Crippen molar-refractivity contribution in [3.05, 3.63) is 75.0 Å². The number of halogens is 2. The van der Waals surface area contributed by atoms with Crippen molar-refractivity contribution in [2.75, 3.05) is 18.2 Å². The normalized spacial score (nSPS) is 22.5. The summed E-state index contributed by atoms with van der Waals surface area (Å²) >= 11 is 12.7. The Balaban J connectivity index is 1.92. The molecule has 1 atom stereocenters. The predicted molar refractivity (Wildman–Crippen MR) is 102 cm³/mol. The van der Waals surface area contributed by atoms with Crippen molar-refractivity contribution in [2.24, 2.45) is 4.99 Å². The van der Waals surface area contributed by atoms with Gasteiger partial charge >= 0.3 is 5.96 Å². The summed E-state index contributed by atoms with van der Waals surface area (Å²) in [5.74, 6) is 0.402. The Labute approximate surface area is 156 Å². The molecule has 7 heteroatoms. The summed E-state index contributed by atoms with van der Waals surface area (Å²) in [6, 6.07) is 13.2. The number of rotatable bonds is 2. The largest absolute Gasteiger partial charge is 0.619 e. The van der Waals surface area contributed by atoms with E-state index in [1.54, 1.807) is 12.3 Å². The Morgan fingerprint density at radius 3 is 2.80 bits per heavy atom. The first-order valence-electron chi connectivity index (χ1n) is 7.87. The van der Waals surface area contributed by atoms with E-state index in [1.165, 1.54) is 0 Å². The van der Waals surface area contributed by atoms with Crippen LogP contribution < -0.4 is 10.2 Å². The van der Waals surface area contributed by atoms with Gasteiger partial charge in [0.25, 0.3) is 0 Å². The third kappa shape index (κ3) is 2.84. The summed E-state index contributed by atoms with van der Waals surface area (Å²) in [5, 5.41) is 17.5. The van der Waals surface area contributed by atoms with Crippen LogP contribution in [0.1, 0.15) is 11.1 Å². The number of aryl methyl sites for hydroxylation is 1. The fraction of sp³-hybridized carbons (Fsp3) is 0.167. The monoisotopic (exact) mass is 374 g/mol. The topological polar surface area (TPSA) is 50.7 Å². The van der Waals surface area contributed by atoms with Gasteiger partial charge in [0.1, 0.15) is 25.2 Å². The number of anilines is 1. The summed E-state index contributed by atoms with van der Waals surface area (Å²) in [6.07, 6.45) is 1.65. The van der Waals surface area contributed by atoms with Crippen LogP contribution in [0.3, 0.4) is 0 Å². The first-order chi connectivity index (χ1) is 12.0. The maximum Gasteiger partial charge on any atom is 0.317 e. The van der Waals surface area contributed by atoms with Crippen LogP contribution >= 0.6 is 23.2 Å². The van der Waals surface area contributed by atoms with Gasteiger partial charge in [0.15, 0.2) is 0 Å². The van der Waals surface area contributed by atoms with Crippen LogP contribution in [0.2, 0.25) is 10.0 Å². The fourth-order valence-electron chi connectivity index (χ4n) is 3.12. The van der Waals surface area contributed by atoms with E-state index in [1.807, 2.05) is 48.2 Å². The molecule has 2 aliphatic rings. The molecule has 2 aromatic carbocycles. The van der Waals surface area contributed by atoms with Crippen molar-refractivity contribution in [2.45, 2.75) is 6.92 Å². The Kier molecular flexibility index (Phi) is 4.06. The van der Waals surface area contributed by atoms with Crippen LogP contribution in [0.4, 0.5) is 5.69 Å². The average molecular weight is 375 g/mol. The molecule has 2 aliphatic heterocycles. The second-order valence-electron chi connectivity index (χ2n) is 6.13. The number of nitrogens with zero attached hydrogens (tertiary/aromatic N) is 3. The maximum atomic E-state index is 13.3. The molecule has 1 N–H and O–H groups in total. The molecule has 5 nitrogen and oxygen atoms in total. The van der Waals surface area contributed by atoms with E-state index in [9.17, 15) is 5.21 Å². The zero-order valence-corrected chi connectivity index (χ0v) is 15.1. The Hall–Kier alpha value is -1.89. The second-order valence-corrected chi connectivity index (χ2v) is 6.98. The molecule has 0 aromatic heterocycles.